The summed E-state index contributed by atoms with van der Waals surface area (Å²) in [6.45, 7) is 0. The third kappa shape index (κ3) is 4.33. The quantitative estimate of drug-likeness (QED) is 0.131. The topological polar surface area (TPSA) is 105 Å². The van der Waals surface area contributed by atoms with Gasteiger partial charge in [-0.3, -0.25) is 10.1 Å². The molecule has 0 fully saturated rings. The smallest absolute Gasteiger partial charge is 0.269 e. The van der Waals surface area contributed by atoms with Crippen LogP contribution in [0.3, 0.4) is 0 Å². The van der Waals surface area contributed by atoms with Crippen LogP contribution in [-0.2, 0) is 5.75 Å². The van der Waals surface area contributed by atoms with Crippen LogP contribution >= 0.6 is 11.8 Å². The number of aromatic nitrogens is 4. The molecule has 2 heterocycles. The second kappa shape index (κ2) is 9.18. The maximum atomic E-state index is 13.7. The molecule has 0 atom stereocenters. The Labute approximate surface area is 202 Å². The fraction of sp³-hybridized carbons (Fsp3) is 0.125. The van der Waals surface area contributed by atoms with E-state index < -0.39 is 4.92 Å². The van der Waals surface area contributed by atoms with Crippen LogP contribution in [0.2, 0.25) is 0 Å². The van der Waals surface area contributed by atoms with E-state index in [9.17, 15) is 14.5 Å². The lowest BCUT2D eigenvalue weighted by molar-refractivity contribution is -0.384. The highest BCUT2D eigenvalue weighted by molar-refractivity contribution is 7.98. The first-order valence-electron chi connectivity index (χ1n) is 10.4. The zero-order valence-electron chi connectivity index (χ0n) is 18.6. The number of rotatable bonds is 7. The predicted octanol–water partition coefficient (Wildman–Crippen LogP) is 5.30. The number of nitro groups is 1. The molecule has 0 spiro atoms. The fourth-order valence-corrected chi connectivity index (χ4v) is 4.52. The van der Waals surface area contributed by atoms with E-state index in [0.717, 1.165) is 5.56 Å². The van der Waals surface area contributed by atoms with Gasteiger partial charge in [0, 0.05) is 34.9 Å². The zero-order chi connectivity index (χ0) is 24.5. The van der Waals surface area contributed by atoms with Crippen LogP contribution in [0.4, 0.5) is 10.1 Å². The van der Waals surface area contributed by atoms with E-state index in [0.29, 0.717) is 50.3 Å². The van der Waals surface area contributed by atoms with E-state index >= 15 is 0 Å². The monoisotopic (exact) mass is 491 g/mol. The highest BCUT2D eigenvalue weighted by Crippen LogP contribution is 2.35. The summed E-state index contributed by atoms with van der Waals surface area (Å²) in [6.07, 6.45) is 0. The molecule has 3 aromatic carbocycles. The van der Waals surface area contributed by atoms with E-state index in [1.165, 1.54) is 36.0 Å². The van der Waals surface area contributed by atoms with Gasteiger partial charge in [-0.25, -0.2) is 14.4 Å². The fourth-order valence-electron chi connectivity index (χ4n) is 3.63. The van der Waals surface area contributed by atoms with Crippen molar-refractivity contribution < 1.29 is 18.8 Å². The minimum atomic E-state index is -0.459. The van der Waals surface area contributed by atoms with Crippen LogP contribution in [0.25, 0.3) is 27.9 Å². The minimum Gasteiger partial charge on any atom is -0.493 e. The van der Waals surface area contributed by atoms with E-state index in [1.807, 2.05) is 6.07 Å². The summed E-state index contributed by atoms with van der Waals surface area (Å²) in [7, 11) is 3.09. The molecule has 0 aliphatic heterocycles. The van der Waals surface area contributed by atoms with Crippen molar-refractivity contribution in [2.45, 2.75) is 10.9 Å². The molecule has 0 bridgehead atoms. The van der Waals surface area contributed by atoms with Crippen molar-refractivity contribution in [1.82, 2.24) is 19.6 Å². The van der Waals surface area contributed by atoms with Crippen molar-refractivity contribution in [3.05, 3.63) is 82.2 Å². The van der Waals surface area contributed by atoms with Crippen molar-refractivity contribution in [2.75, 3.05) is 14.2 Å². The van der Waals surface area contributed by atoms with E-state index in [1.54, 1.807) is 49.1 Å². The first kappa shape index (κ1) is 22.5. The predicted molar refractivity (Wildman–Crippen MR) is 129 cm³/mol. The molecule has 11 heteroatoms. The summed E-state index contributed by atoms with van der Waals surface area (Å²) < 4.78 is 26.2. The Morgan fingerprint density at radius 3 is 2.46 bits per heavy atom. The molecule has 0 amide bonds. The highest BCUT2D eigenvalue weighted by Gasteiger charge is 2.18. The Kier molecular flexibility index (Phi) is 5.91. The first-order valence-corrected chi connectivity index (χ1v) is 11.4. The van der Waals surface area contributed by atoms with Gasteiger partial charge < -0.3 is 9.47 Å². The number of methoxy groups -OCH3 is 2. The molecule has 0 saturated carbocycles. The van der Waals surface area contributed by atoms with Crippen LogP contribution in [0.5, 0.6) is 11.5 Å². The molecule has 2 aromatic heterocycles. The molecule has 5 aromatic rings. The Balaban J connectivity index is 1.66. The molecule has 0 N–H and O–H groups in total. The van der Waals surface area contributed by atoms with Crippen LogP contribution in [0.15, 0.2) is 65.8 Å². The van der Waals surface area contributed by atoms with Gasteiger partial charge in [-0.1, -0.05) is 23.9 Å². The molecule has 35 heavy (non-hydrogen) atoms. The lowest BCUT2D eigenvalue weighted by Crippen LogP contribution is -2.00. The lowest BCUT2D eigenvalue weighted by Gasteiger charge is -2.11. The molecular formula is C24H18FN5O4S. The number of thioether (sulfide) groups is 1. The molecular weight excluding hydrogens is 473 g/mol. The summed E-state index contributed by atoms with van der Waals surface area (Å²) in [5.41, 5.74) is 2.56. The largest absolute Gasteiger partial charge is 0.493 e. The van der Waals surface area contributed by atoms with Crippen LogP contribution in [0.1, 0.15) is 5.56 Å². The van der Waals surface area contributed by atoms with Gasteiger partial charge in [0.2, 0.25) is 0 Å². The van der Waals surface area contributed by atoms with Gasteiger partial charge in [0.05, 0.1) is 24.7 Å². The zero-order valence-corrected chi connectivity index (χ0v) is 19.5. The van der Waals surface area contributed by atoms with E-state index in [4.69, 9.17) is 19.4 Å². The molecule has 176 valence electrons. The van der Waals surface area contributed by atoms with Crippen molar-refractivity contribution >= 4 is 34.0 Å². The maximum Gasteiger partial charge on any atom is 0.269 e. The number of nitrogens with zero attached hydrogens (tertiary/aromatic N) is 5. The van der Waals surface area contributed by atoms with Gasteiger partial charge in [0.25, 0.3) is 5.69 Å². The van der Waals surface area contributed by atoms with Crippen LogP contribution in [0, 0.1) is 15.9 Å². The van der Waals surface area contributed by atoms with E-state index in [2.05, 4.69) is 5.10 Å². The number of ether oxygens (including phenoxy) is 2. The summed E-state index contributed by atoms with van der Waals surface area (Å²) in [5, 5.41) is 16.9. The van der Waals surface area contributed by atoms with Gasteiger partial charge in [0.15, 0.2) is 28.1 Å². The Hall–Kier alpha value is -4.25. The highest BCUT2D eigenvalue weighted by atomic mass is 32.2. The number of hydrogen-bond donors (Lipinski definition) is 0. The number of nitro benzene ring substituents is 1. The van der Waals surface area contributed by atoms with Gasteiger partial charge in [-0.15, -0.1) is 5.10 Å². The van der Waals surface area contributed by atoms with Gasteiger partial charge in [-0.05, 0) is 35.9 Å². The summed E-state index contributed by atoms with van der Waals surface area (Å²) in [4.78, 5) is 20.1. The number of halogens is 1. The second-order valence-corrected chi connectivity index (χ2v) is 8.45. The van der Waals surface area contributed by atoms with Crippen molar-refractivity contribution in [1.29, 1.82) is 0 Å². The first-order chi connectivity index (χ1) is 17.0. The Morgan fingerprint density at radius 2 is 1.77 bits per heavy atom. The second-order valence-electron chi connectivity index (χ2n) is 7.51. The maximum absolute atomic E-state index is 13.7. The number of benzene rings is 3. The third-order valence-electron chi connectivity index (χ3n) is 5.34. The summed E-state index contributed by atoms with van der Waals surface area (Å²) >= 11 is 1.39. The molecule has 9 nitrogen and oxygen atoms in total. The minimum absolute atomic E-state index is 0.0206. The molecule has 5 rings (SSSR count). The Bertz CT molecular complexity index is 1570. The van der Waals surface area contributed by atoms with Crippen molar-refractivity contribution in [3.63, 3.8) is 0 Å². The van der Waals surface area contributed by atoms with Crippen LogP contribution in [-0.4, -0.2) is 38.7 Å². The molecule has 0 radical (unpaired) electrons. The van der Waals surface area contributed by atoms with Gasteiger partial charge in [0.1, 0.15) is 5.82 Å². The Morgan fingerprint density at radius 1 is 1.03 bits per heavy atom. The average molecular weight is 492 g/mol. The molecule has 0 saturated heterocycles. The van der Waals surface area contributed by atoms with E-state index in [-0.39, 0.29) is 11.5 Å². The van der Waals surface area contributed by atoms with Gasteiger partial charge >= 0.3 is 0 Å². The van der Waals surface area contributed by atoms with Crippen LogP contribution < -0.4 is 9.47 Å². The number of hydrogen-bond acceptors (Lipinski definition) is 8. The number of non-ortho nitro benzene ring substituents is 1. The summed E-state index contributed by atoms with van der Waals surface area (Å²) in [5.74, 6) is 1.58. The van der Waals surface area contributed by atoms with Crippen molar-refractivity contribution in [2.24, 2.45) is 0 Å². The SMILES string of the molecule is COc1cc2nc(SCc3cccc(F)c3)n3nc(-c4ccc([N+](=O)[O-])cc4)nc3c2cc1OC. The molecule has 0 aliphatic carbocycles. The summed E-state index contributed by atoms with van der Waals surface area (Å²) in [6, 6.07) is 15.9. The normalized spacial score (nSPS) is 11.2. The third-order valence-corrected chi connectivity index (χ3v) is 6.34. The lowest BCUT2D eigenvalue weighted by atomic mass is 10.2. The standard InChI is InChI=1S/C24H18FN5O4S/c1-33-20-11-18-19(12-21(20)34-2)26-24(35-13-14-4-3-5-16(25)10-14)29-23(18)27-22(28-29)15-6-8-17(9-7-15)30(31)32/h3-12H,13H2,1-2H3. The average Bonchev–Trinajstić information content (AvgIpc) is 3.32. The number of fused-ring (bicyclic) bond motifs is 3. The van der Waals surface area contributed by atoms with Crippen molar-refractivity contribution in [3.8, 4) is 22.9 Å². The molecule has 0 unspecified atom stereocenters. The van der Waals surface area contributed by atoms with Gasteiger partial charge in [-0.2, -0.15) is 4.52 Å². The molecule has 0 aliphatic rings.